The van der Waals surface area contributed by atoms with Crippen LogP contribution in [0.4, 0.5) is 0 Å². The van der Waals surface area contributed by atoms with Gasteiger partial charge in [-0.25, -0.2) is 10.2 Å². The molecule has 3 N–H and O–H groups in total. The molecule has 0 fully saturated rings. The standard InChI is InChI=1S/C29H21N3O7/c33-27(19-5-2-1-3-6-19)31-23(13-18-9-11-25-26(14-18)38-17-37-25)28(34)32-30-16-22-10-12-24(39-22)20-7-4-8-21(15-20)29(35)36/h1-16H,17H2,(H,31,33)(H,32,34)(H,35,36). The SMILES string of the molecule is O=C(NN=Cc1ccc(-c2cccc(C(=O)O)c2)o1)C(=Cc1ccc2c(c1)OCO2)NC(=O)c1ccccc1. The summed E-state index contributed by atoms with van der Waals surface area (Å²) in [6.07, 6.45) is 2.79. The number of benzene rings is 3. The van der Waals surface area contributed by atoms with Gasteiger partial charge in [0, 0.05) is 11.1 Å². The molecule has 3 aromatic carbocycles. The highest BCUT2D eigenvalue weighted by molar-refractivity contribution is 6.05. The molecule has 1 aromatic heterocycles. The number of ether oxygens (including phenoxy) is 2. The Balaban J connectivity index is 1.33. The topological polar surface area (TPSA) is 139 Å². The molecule has 0 aliphatic carbocycles. The number of fused-ring (bicyclic) bond motifs is 1. The average Bonchev–Trinajstić information content (AvgIpc) is 3.63. The number of furan rings is 1. The van der Waals surface area contributed by atoms with Crippen LogP contribution in [-0.4, -0.2) is 35.9 Å². The molecule has 0 spiro atoms. The highest BCUT2D eigenvalue weighted by Gasteiger charge is 2.17. The van der Waals surface area contributed by atoms with Crippen LogP contribution < -0.4 is 20.2 Å². The van der Waals surface area contributed by atoms with E-state index in [1.807, 2.05) is 0 Å². The van der Waals surface area contributed by atoms with Crippen molar-refractivity contribution in [3.05, 3.63) is 113 Å². The molecule has 5 rings (SSSR count). The zero-order chi connectivity index (χ0) is 27.2. The summed E-state index contributed by atoms with van der Waals surface area (Å²) < 4.78 is 16.4. The van der Waals surface area contributed by atoms with E-state index in [1.165, 1.54) is 24.4 Å². The molecular formula is C29H21N3O7. The van der Waals surface area contributed by atoms with Gasteiger partial charge in [-0.2, -0.15) is 5.10 Å². The smallest absolute Gasteiger partial charge is 0.335 e. The molecule has 10 nitrogen and oxygen atoms in total. The highest BCUT2D eigenvalue weighted by Crippen LogP contribution is 2.33. The first-order valence-corrected chi connectivity index (χ1v) is 11.7. The Morgan fingerprint density at radius 3 is 2.46 bits per heavy atom. The van der Waals surface area contributed by atoms with Gasteiger partial charge in [0.25, 0.3) is 11.8 Å². The number of carboxylic acid groups (broad SMARTS) is 1. The van der Waals surface area contributed by atoms with Crippen LogP contribution in [0.3, 0.4) is 0 Å². The Morgan fingerprint density at radius 1 is 0.846 bits per heavy atom. The maximum Gasteiger partial charge on any atom is 0.335 e. The number of amides is 2. The number of carbonyl (C=O) groups is 3. The number of hydrogen-bond acceptors (Lipinski definition) is 7. The third-order valence-corrected chi connectivity index (χ3v) is 5.62. The second-order valence-electron chi connectivity index (χ2n) is 8.28. The van der Waals surface area contributed by atoms with Crippen LogP contribution in [0.15, 0.2) is 100 Å². The van der Waals surface area contributed by atoms with E-state index < -0.39 is 17.8 Å². The lowest BCUT2D eigenvalue weighted by atomic mass is 10.1. The van der Waals surface area contributed by atoms with Crippen molar-refractivity contribution in [2.75, 3.05) is 6.79 Å². The lowest BCUT2D eigenvalue weighted by Crippen LogP contribution is -2.32. The quantitative estimate of drug-likeness (QED) is 0.178. The maximum absolute atomic E-state index is 13.0. The van der Waals surface area contributed by atoms with Crippen molar-refractivity contribution in [2.24, 2.45) is 5.10 Å². The molecule has 2 amide bonds. The van der Waals surface area contributed by atoms with Crippen LogP contribution >= 0.6 is 0 Å². The van der Waals surface area contributed by atoms with Gasteiger partial charge in [-0.3, -0.25) is 9.59 Å². The molecule has 39 heavy (non-hydrogen) atoms. The minimum absolute atomic E-state index is 0.0505. The third-order valence-electron chi connectivity index (χ3n) is 5.62. The van der Waals surface area contributed by atoms with E-state index in [-0.39, 0.29) is 18.1 Å². The lowest BCUT2D eigenvalue weighted by Gasteiger charge is -2.09. The molecule has 0 saturated heterocycles. The molecule has 0 radical (unpaired) electrons. The number of rotatable bonds is 8. The van der Waals surface area contributed by atoms with Gasteiger partial charge in [0.1, 0.15) is 17.2 Å². The van der Waals surface area contributed by atoms with Crippen molar-refractivity contribution < 1.29 is 33.4 Å². The second kappa shape index (κ2) is 11.2. The normalized spacial score (nSPS) is 12.4. The fourth-order valence-electron chi connectivity index (χ4n) is 3.71. The molecule has 1 aliphatic heterocycles. The molecule has 4 aromatic rings. The van der Waals surface area contributed by atoms with Crippen LogP contribution in [0.5, 0.6) is 11.5 Å². The fourth-order valence-corrected chi connectivity index (χ4v) is 3.71. The van der Waals surface area contributed by atoms with Crippen LogP contribution in [0.1, 0.15) is 32.0 Å². The first-order valence-electron chi connectivity index (χ1n) is 11.7. The van der Waals surface area contributed by atoms with E-state index in [9.17, 15) is 19.5 Å². The first-order chi connectivity index (χ1) is 19.0. The Morgan fingerprint density at radius 2 is 1.64 bits per heavy atom. The zero-order valence-electron chi connectivity index (χ0n) is 20.3. The summed E-state index contributed by atoms with van der Waals surface area (Å²) >= 11 is 0. The van der Waals surface area contributed by atoms with Crippen LogP contribution in [0.25, 0.3) is 17.4 Å². The van der Waals surface area contributed by atoms with Gasteiger partial charge in [-0.1, -0.05) is 36.4 Å². The summed E-state index contributed by atoms with van der Waals surface area (Å²) in [5.74, 6) is -0.320. The molecule has 2 heterocycles. The maximum atomic E-state index is 13.0. The number of nitrogens with one attached hydrogen (secondary N) is 2. The van der Waals surface area contributed by atoms with Gasteiger partial charge in [0.15, 0.2) is 11.5 Å². The monoisotopic (exact) mass is 523 g/mol. The molecular weight excluding hydrogens is 502 g/mol. The zero-order valence-corrected chi connectivity index (χ0v) is 20.3. The van der Waals surface area contributed by atoms with Gasteiger partial charge in [-0.05, 0) is 60.2 Å². The molecule has 0 saturated carbocycles. The van der Waals surface area contributed by atoms with E-state index in [1.54, 1.807) is 72.8 Å². The summed E-state index contributed by atoms with van der Waals surface area (Å²) in [5.41, 5.74) is 4.02. The number of hydrogen-bond donors (Lipinski definition) is 3. The summed E-state index contributed by atoms with van der Waals surface area (Å²) in [6, 6.07) is 23.2. The van der Waals surface area contributed by atoms with Gasteiger partial charge in [-0.15, -0.1) is 0 Å². The average molecular weight is 524 g/mol. The van der Waals surface area contributed by atoms with Crippen LogP contribution in [0, 0.1) is 0 Å². The molecule has 10 heteroatoms. The number of nitrogens with zero attached hydrogens (tertiary/aromatic N) is 1. The second-order valence-corrected chi connectivity index (χ2v) is 8.28. The van der Waals surface area contributed by atoms with Crippen molar-refractivity contribution in [3.63, 3.8) is 0 Å². The van der Waals surface area contributed by atoms with Crippen LogP contribution in [-0.2, 0) is 4.79 Å². The molecule has 1 aliphatic rings. The Labute approximate surface area is 222 Å². The number of carboxylic acids is 1. The summed E-state index contributed by atoms with van der Waals surface area (Å²) in [6.45, 7) is 0.106. The van der Waals surface area contributed by atoms with E-state index in [0.29, 0.717) is 39.7 Å². The summed E-state index contributed by atoms with van der Waals surface area (Å²) in [7, 11) is 0. The summed E-state index contributed by atoms with van der Waals surface area (Å²) in [4.78, 5) is 37.0. The highest BCUT2D eigenvalue weighted by atomic mass is 16.7. The first kappa shape index (κ1) is 25.0. The van der Waals surface area contributed by atoms with E-state index >= 15 is 0 Å². The van der Waals surface area contributed by atoms with Gasteiger partial charge in [0.2, 0.25) is 6.79 Å². The molecule has 0 unspecified atom stereocenters. The van der Waals surface area contributed by atoms with Gasteiger partial charge in [0.05, 0.1) is 11.8 Å². The fraction of sp³-hybridized carbons (Fsp3) is 0.0345. The van der Waals surface area contributed by atoms with Gasteiger partial charge >= 0.3 is 5.97 Å². The van der Waals surface area contributed by atoms with Crippen molar-refractivity contribution >= 4 is 30.1 Å². The molecule has 0 atom stereocenters. The van der Waals surface area contributed by atoms with E-state index in [4.69, 9.17) is 13.9 Å². The van der Waals surface area contributed by atoms with Crippen molar-refractivity contribution in [2.45, 2.75) is 0 Å². The molecule has 194 valence electrons. The lowest BCUT2D eigenvalue weighted by molar-refractivity contribution is -0.117. The predicted octanol–water partition coefficient (Wildman–Crippen LogP) is 4.29. The van der Waals surface area contributed by atoms with Crippen LogP contribution in [0.2, 0.25) is 0 Å². The Bertz CT molecular complexity index is 1610. The van der Waals surface area contributed by atoms with E-state index in [2.05, 4.69) is 15.8 Å². The minimum atomic E-state index is -1.04. The van der Waals surface area contributed by atoms with Crippen molar-refractivity contribution in [3.8, 4) is 22.8 Å². The predicted molar refractivity (Wildman–Crippen MR) is 141 cm³/mol. The Hall–Kier alpha value is -5.64. The largest absolute Gasteiger partial charge is 0.478 e. The number of carbonyl (C=O) groups excluding carboxylic acids is 2. The summed E-state index contributed by atoms with van der Waals surface area (Å²) in [5, 5.41) is 15.8. The van der Waals surface area contributed by atoms with Gasteiger partial charge < -0.3 is 24.3 Å². The molecule has 0 bridgehead atoms. The number of hydrazone groups is 1. The van der Waals surface area contributed by atoms with Crippen molar-refractivity contribution in [1.82, 2.24) is 10.7 Å². The Kier molecular flexibility index (Phi) is 7.17. The minimum Gasteiger partial charge on any atom is -0.478 e. The van der Waals surface area contributed by atoms with E-state index in [0.717, 1.165) is 0 Å². The van der Waals surface area contributed by atoms with Crippen molar-refractivity contribution in [1.29, 1.82) is 0 Å². The number of aromatic carboxylic acids is 1. The third kappa shape index (κ3) is 6.03.